The maximum absolute atomic E-state index is 13.0. The number of anilines is 1. The minimum Gasteiger partial charge on any atom is -0.490 e. The molecule has 1 spiro atoms. The Labute approximate surface area is 219 Å². The zero-order valence-electron chi connectivity index (χ0n) is 21.1. The molecular formula is C30H34N2O4S. The van der Waals surface area contributed by atoms with E-state index < -0.39 is 15.9 Å². The maximum Gasteiger partial charge on any atom is 0.264 e. The molecule has 1 N–H and O–H groups in total. The average Bonchev–Trinajstić information content (AvgIpc) is 3.02. The van der Waals surface area contributed by atoms with Gasteiger partial charge in [0.25, 0.3) is 5.91 Å². The molecular weight excluding hydrogens is 484 g/mol. The number of rotatable bonds is 0. The number of nitrogens with zero attached hydrogens (tertiary/aromatic N) is 1. The van der Waals surface area contributed by atoms with E-state index in [-0.39, 0.29) is 11.2 Å². The number of nitrogens with one attached hydrogen (secondary N) is 1. The molecule has 2 aliphatic heterocycles. The van der Waals surface area contributed by atoms with Gasteiger partial charge in [0.2, 0.25) is 10.0 Å². The van der Waals surface area contributed by atoms with Crippen LogP contribution in [0.1, 0.15) is 60.0 Å². The summed E-state index contributed by atoms with van der Waals surface area (Å²) >= 11 is 0. The van der Waals surface area contributed by atoms with E-state index in [9.17, 15) is 13.2 Å². The number of hydrogen-bond donors (Lipinski definition) is 1. The second-order valence-electron chi connectivity index (χ2n) is 11.0. The second kappa shape index (κ2) is 9.67. The van der Waals surface area contributed by atoms with Gasteiger partial charge in [0.05, 0.1) is 23.5 Å². The monoisotopic (exact) mass is 518 g/mol. The van der Waals surface area contributed by atoms with Crippen molar-refractivity contribution in [3.63, 3.8) is 0 Å². The standard InChI is InChI=1S/C30H34N2O4S/c33-29-24-14-15-28-27(18-24)32(20-30(21-36-28)16-7-10-23-9-4-5-11-26(23)30)19-25-13-12-22(25)8-3-1-2-6-17-37(34,35)31-29/h1-2,4-5,7,9-11,14-15,18,22,25H,3,6,8,12-13,16-17,19-21H2,(H,31,33)/b2-1-. The van der Waals surface area contributed by atoms with Gasteiger partial charge < -0.3 is 9.64 Å². The molecule has 6 rings (SSSR count). The SMILES string of the molecule is O=C1NS(=O)(=O)CC/C=C\CCC2CCC2CN2CC3(CC=Cc4ccccc43)COc3ccc1cc32. The first-order valence-electron chi connectivity index (χ1n) is 13.4. The van der Waals surface area contributed by atoms with Crippen LogP contribution < -0.4 is 14.4 Å². The van der Waals surface area contributed by atoms with Gasteiger partial charge in [-0.1, -0.05) is 48.6 Å². The molecule has 0 radical (unpaired) electrons. The van der Waals surface area contributed by atoms with E-state index in [0.717, 1.165) is 43.8 Å². The van der Waals surface area contributed by atoms with Crippen LogP contribution in [0.2, 0.25) is 0 Å². The molecule has 7 heteroatoms. The number of fused-ring (bicyclic) bond motifs is 4. The van der Waals surface area contributed by atoms with Crippen LogP contribution in [-0.4, -0.2) is 39.8 Å². The van der Waals surface area contributed by atoms with E-state index in [4.69, 9.17) is 4.74 Å². The van der Waals surface area contributed by atoms with E-state index in [1.807, 2.05) is 18.2 Å². The molecule has 2 heterocycles. The molecule has 1 saturated carbocycles. The van der Waals surface area contributed by atoms with Gasteiger partial charge in [-0.3, -0.25) is 4.79 Å². The van der Waals surface area contributed by atoms with E-state index in [1.165, 1.54) is 24.0 Å². The summed E-state index contributed by atoms with van der Waals surface area (Å²) in [5.41, 5.74) is 3.56. The van der Waals surface area contributed by atoms with E-state index in [1.54, 1.807) is 6.07 Å². The summed E-state index contributed by atoms with van der Waals surface area (Å²) < 4.78 is 33.8. The summed E-state index contributed by atoms with van der Waals surface area (Å²) in [5, 5.41) is 0. The quantitative estimate of drug-likeness (QED) is 0.493. The summed E-state index contributed by atoms with van der Waals surface area (Å²) in [6.45, 7) is 2.24. The normalized spacial score (nSPS) is 29.6. The lowest BCUT2D eigenvalue weighted by Gasteiger charge is -2.44. The number of carbonyl (C=O) groups is 1. The van der Waals surface area contributed by atoms with E-state index >= 15 is 0 Å². The molecule has 2 aliphatic carbocycles. The van der Waals surface area contributed by atoms with Gasteiger partial charge in [-0.05, 0) is 79.7 Å². The van der Waals surface area contributed by atoms with Crippen molar-refractivity contribution in [1.29, 1.82) is 0 Å². The van der Waals surface area contributed by atoms with Crippen molar-refractivity contribution in [2.24, 2.45) is 11.8 Å². The zero-order chi connectivity index (χ0) is 25.5. The predicted molar refractivity (Wildman–Crippen MR) is 146 cm³/mol. The summed E-state index contributed by atoms with van der Waals surface area (Å²) in [5.74, 6) is 1.32. The minimum absolute atomic E-state index is 0.100. The van der Waals surface area contributed by atoms with Gasteiger partial charge in [-0.2, -0.15) is 0 Å². The van der Waals surface area contributed by atoms with E-state index in [0.29, 0.717) is 30.4 Å². The van der Waals surface area contributed by atoms with Gasteiger partial charge in [0.1, 0.15) is 5.75 Å². The molecule has 4 aliphatic rings. The smallest absolute Gasteiger partial charge is 0.264 e. The lowest BCUT2D eigenvalue weighted by atomic mass is 9.70. The predicted octanol–water partition coefficient (Wildman–Crippen LogP) is 5.07. The van der Waals surface area contributed by atoms with Crippen molar-refractivity contribution in [2.75, 3.05) is 30.3 Å². The fraction of sp³-hybridized carbons (Fsp3) is 0.433. The summed E-state index contributed by atoms with van der Waals surface area (Å²) in [6.07, 6.45) is 14.3. The highest BCUT2D eigenvalue weighted by Crippen LogP contribution is 2.45. The molecule has 0 saturated heterocycles. The Balaban J connectivity index is 1.40. The fourth-order valence-corrected chi connectivity index (χ4v) is 7.35. The van der Waals surface area contributed by atoms with Gasteiger partial charge in [0, 0.05) is 18.7 Å². The van der Waals surface area contributed by atoms with Crippen LogP contribution in [0.15, 0.2) is 60.7 Å². The van der Waals surface area contributed by atoms with Gasteiger partial charge in [0.15, 0.2) is 0 Å². The van der Waals surface area contributed by atoms with Crippen LogP contribution in [0.3, 0.4) is 0 Å². The molecule has 6 nitrogen and oxygen atoms in total. The Morgan fingerprint density at radius 1 is 0.973 bits per heavy atom. The van der Waals surface area contributed by atoms with E-state index in [2.05, 4.69) is 52.1 Å². The number of allylic oxidation sites excluding steroid dienone is 3. The molecule has 194 valence electrons. The lowest BCUT2D eigenvalue weighted by Crippen LogP contribution is -2.47. The second-order valence-corrected chi connectivity index (χ2v) is 12.9. The number of carbonyl (C=O) groups excluding carboxylic acids is 1. The third-order valence-electron chi connectivity index (χ3n) is 8.60. The molecule has 2 bridgehead atoms. The third kappa shape index (κ3) is 4.81. The lowest BCUT2D eigenvalue weighted by molar-refractivity contribution is 0.0981. The topological polar surface area (TPSA) is 75.7 Å². The molecule has 1 fully saturated rings. The van der Waals surface area contributed by atoms with Gasteiger partial charge in [-0.15, -0.1) is 0 Å². The Morgan fingerprint density at radius 2 is 1.81 bits per heavy atom. The number of hydrogen-bond acceptors (Lipinski definition) is 5. The highest BCUT2D eigenvalue weighted by Gasteiger charge is 2.42. The molecule has 0 aromatic heterocycles. The van der Waals surface area contributed by atoms with Crippen molar-refractivity contribution < 1.29 is 17.9 Å². The average molecular weight is 519 g/mol. The van der Waals surface area contributed by atoms with Crippen molar-refractivity contribution in [3.8, 4) is 5.75 Å². The zero-order valence-corrected chi connectivity index (χ0v) is 21.9. The third-order valence-corrected chi connectivity index (χ3v) is 9.87. The van der Waals surface area contributed by atoms with Crippen LogP contribution in [0.25, 0.3) is 6.08 Å². The Morgan fingerprint density at radius 3 is 2.68 bits per heavy atom. The summed E-state index contributed by atoms with van der Waals surface area (Å²) in [7, 11) is -3.72. The number of sulfonamides is 1. The van der Waals surface area contributed by atoms with Crippen LogP contribution in [0.4, 0.5) is 5.69 Å². The highest BCUT2D eigenvalue weighted by atomic mass is 32.2. The first kappa shape index (κ1) is 24.3. The molecule has 3 atom stereocenters. The van der Waals surface area contributed by atoms with Crippen molar-refractivity contribution in [1.82, 2.24) is 4.72 Å². The van der Waals surface area contributed by atoms with Crippen molar-refractivity contribution in [3.05, 3.63) is 77.4 Å². The van der Waals surface area contributed by atoms with Crippen molar-refractivity contribution >= 4 is 27.7 Å². The first-order chi connectivity index (χ1) is 17.9. The van der Waals surface area contributed by atoms with Crippen LogP contribution >= 0.6 is 0 Å². The van der Waals surface area contributed by atoms with Gasteiger partial charge >= 0.3 is 0 Å². The Kier molecular flexibility index (Phi) is 6.35. The molecule has 2 aromatic carbocycles. The van der Waals surface area contributed by atoms with Gasteiger partial charge in [-0.25, -0.2) is 13.1 Å². The molecule has 1 amide bonds. The number of ether oxygens (including phenoxy) is 1. The molecule has 2 aromatic rings. The summed E-state index contributed by atoms with van der Waals surface area (Å²) in [6, 6.07) is 13.9. The summed E-state index contributed by atoms with van der Waals surface area (Å²) in [4.78, 5) is 15.4. The molecule has 3 unspecified atom stereocenters. The number of benzene rings is 2. The Bertz CT molecular complexity index is 1370. The maximum atomic E-state index is 13.0. The number of amides is 1. The Hall–Kier alpha value is -3.06. The first-order valence-corrected chi connectivity index (χ1v) is 15.1. The van der Waals surface area contributed by atoms with Crippen molar-refractivity contribution in [2.45, 2.75) is 43.9 Å². The van der Waals surface area contributed by atoms with Crippen LogP contribution in [-0.2, 0) is 15.4 Å². The van der Waals surface area contributed by atoms with Crippen LogP contribution in [0.5, 0.6) is 5.75 Å². The van der Waals surface area contributed by atoms with Crippen LogP contribution in [0, 0.1) is 11.8 Å². The highest BCUT2D eigenvalue weighted by molar-refractivity contribution is 7.90. The largest absolute Gasteiger partial charge is 0.490 e. The molecule has 37 heavy (non-hydrogen) atoms. The minimum atomic E-state index is -3.72. The fourth-order valence-electron chi connectivity index (χ4n) is 6.40.